The van der Waals surface area contributed by atoms with Crippen molar-refractivity contribution in [2.45, 2.75) is 38.6 Å². The fraction of sp³-hybridized carbons (Fsp3) is 0.267. The van der Waals surface area contributed by atoms with Gasteiger partial charge in [-0.05, 0) is 85.2 Å². The van der Waals surface area contributed by atoms with Crippen molar-refractivity contribution in [2.24, 2.45) is 0 Å². The molecule has 0 unspecified atom stereocenters. The number of para-hydroxylation sites is 2. The highest BCUT2D eigenvalue weighted by atomic mass is 16.3. The first-order valence-corrected chi connectivity index (χ1v) is 12.6. The zero-order valence-electron chi connectivity index (χ0n) is 20.5. The number of unbranched alkanes of at least 4 members (excludes halogenated alkanes) is 1. The summed E-state index contributed by atoms with van der Waals surface area (Å²) in [4.78, 5) is 32.2. The van der Waals surface area contributed by atoms with Gasteiger partial charge in [-0.3, -0.25) is 9.59 Å². The van der Waals surface area contributed by atoms with E-state index in [0.29, 0.717) is 36.9 Å². The van der Waals surface area contributed by atoms with E-state index < -0.39 is 0 Å². The molecule has 1 aromatic heterocycles. The maximum atomic E-state index is 13.8. The number of anilines is 2. The van der Waals surface area contributed by atoms with E-state index in [2.05, 4.69) is 23.3 Å². The molecule has 36 heavy (non-hydrogen) atoms. The Balaban J connectivity index is 1.54. The van der Waals surface area contributed by atoms with Crippen molar-refractivity contribution in [3.63, 3.8) is 0 Å². The number of benzene rings is 3. The zero-order valence-corrected chi connectivity index (χ0v) is 20.5. The summed E-state index contributed by atoms with van der Waals surface area (Å²) in [6.07, 6.45) is 4.22. The number of hydrogen-bond acceptors (Lipinski definition) is 4. The SMILES string of the molecule is C[C@H]1CCN(C(=O)c2ccc(-c3ccc4[nH]ccc4c3)c(C(=O)CCCCO)c2)c2ccccc2N1. The predicted octanol–water partition coefficient (Wildman–Crippen LogP) is 6.03. The number of aromatic amines is 1. The standard InChI is InChI=1S/C30H31N3O3/c1-20-14-16-33(28-7-3-2-6-27(28)32-20)30(36)23-9-11-24(25(19-23)29(35)8-4-5-17-34)21-10-12-26-22(18-21)13-15-31-26/h2-3,6-7,9-13,15,18-20,31-32,34H,4-5,8,14,16-17H2,1H3/t20-/m0/s1. The fourth-order valence-corrected chi connectivity index (χ4v) is 4.89. The second kappa shape index (κ2) is 10.4. The number of amides is 1. The van der Waals surface area contributed by atoms with E-state index in [1.165, 1.54) is 0 Å². The monoisotopic (exact) mass is 481 g/mol. The van der Waals surface area contributed by atoms with Crippen molar-refractivity contribution < 1.29 is 14.7 Å². The van der Waals surface area contributed by atoms with Gasteiger partial charge in [0.25, 0.3) is 5.91 Å². The molecule has 1 aliphatic heterocycles. The van der Waals surface area contributed by atoms with Crippen LogP contribution >= 0.6 is 0 Å². The predicted molar refractivity (Wildman–Crippen MR) is 145 cm³/mol. The molecule has 2 heterocycles. The van der Waals surface area contributed by atoms with Gasteiger partial charge in [0.2, 0.25) is 0 Å². The van der Waals surface area contributed by atoms with Crippen molar-refractivity contribution in [1.82, 2.24) is 4.98 Å². The minimum absolute atomic E-state index is 0.0196. The first-order chi connectivity index (χ1) is 17.5. The third-order valence-corrected chi connectivity index (χ3v) is 6.87. The molecule has 0 fully saturated rings. The number of rotatable bonds is 7. The van der Waals surface area contributed by atoms with E-state index in [1.807, 2.05) is 65.7 Å². The van der Waals surface area contributed by atoms with Gasteiger partial charge in [-0.25, -0.2) is 0 Å². The molecule has 1 aliphatic rings. The Kier molecular flexibility index (Phi) is 6.87. The minimum atomic E-state index is -0.115. The van der Waals surface area contributed by atoms with Crippen LogP contribution in [0.2, 0.25) is 0 Å². The first-order valence-electron chi connectivity index (χ1n) is 12.6. The van der Waals surface area contributed by atoms with Crippen LogP contribution in [0.1, 0.15) is 53.3 Å². The topological polar surface area (TPSA) is 85.4 Å². The second-order valence-corrected chi connectivity index (χ2v) is 9.45. The number of ketones is 1. The second-order valence-electron chi connectivity index (χ2n) is 9.45. The van der Waals surface area contributed by atoms with Gasteiger partial charge in [-0.1, -0.05) is 24.3 Å². The molecule has 184 valence electrons. The normalized spacial score (nSPS) is 15.3. The lowest BCUT2D eigenvalue weighted by Gasteiger charge is -2.23. The molecule has 0 aliphatic carbocycles. The Morgan fingerprint density at radius 2 is 1.89 bits per heavy atom. The third-order valence-electron chi connectivity index (χ3n) is 6.87. The molecular formula is C30H31N3O3. The van der Waals surface area contributed by atoms with Crippen LogP contribution < -0.4 is 10.2 Å². The minimum Gasteiger partial charge on any atom is -0.396 e. The lowest BCUT2D eigenvalue weighted by molar-refractivity contribution is 0.0978. The maximum Gasteiger partial charge on any atom is 0.258 e. The molecule has 3 aromatic carbocycles. The van der Waals surface area contributed by atoms with Crippen LogP contribution in [0.4, 0.5) is 11.4 Å². The lowest BCUT2D eigenvalue weighted by Crippen LogP contribution is -2.32. The van der Waals surface area contributed by atoms with Crippen molar-refractivity contribution in [3.05, 3.63) is 84.1 Å². The Bertz CT molecular complexity index is 1410. The van der Waals surface area contributed by atoms with Gasteiger partial charge in [0.05, 0.1) is 11.4 Å². The number of fused-ring (bicyclic) bond motifs is 2. The average Bonchev–Trinajstić information content (AvgIpc) is 3.30. The van der Waals surface area contributed by atoms with Gasteiger partial charge in [-0.15, -0.1) is 0 Å². The summed E-state index contributed by atoms with van der Waals surface area (Å²) < 4.78 is 0. The largest absolute Gasteiger partial charge is 0.396 e. The van der Waals surface area contributed by atoms with Crippen LogP contribution in [0.5, 0.6) is 0 Å². The van der Waals surface area contributed by atoms with Gasteiger partial charge in [0, 0.05) is 48.5 Å². The van der Waals surface area contributed by atoms with Gasteiger partial charge in [-0.2, -0.15) is 0 Å². The molecule has 6 nitrogen and oxygen atoms in total. The number of aromatic nitrogens is 1. The van der Waals surface area contributed by atoms with E-state index in [1.54, 1.807) is 6.07 Å². The van der Waals surface area contributed by atoms with E-state index in [0.717, 1.165) is 39.8 Å². The molecule has 0 radical (unpaired) electrons. The molecule has 1 atom stereocenters. The number of hydrogen-bond donors (Lipinski definition) is 3. The number of nitrogens with zero attached hydrogens (tertiary/aromatic N) is 1. The Labute approximate surface area is 211 Å². The summed E-state index contributed by atoms with van der Waals surface area (Å²) in [7, 11) is 0. The molecule has 4 aromatic rings. The highest BCUT2D eigenvalue weighted by Crippen LogP contribution is 2.33. The smallest absolute Gasteiger partial charge is 0.258 e. The van der Waals surface area contributed by atoms with Crippen molar-refractivity contribution in [1.29, 1.82) is 0 Å². The molecule has 0 spiro atoms. The number of Topliss-reactive ketones (excluding diaryl/α,β-unsaturated/α-hetero) is 1. The summed E-state index contributed by atoms with van der Waals surface area (Å²) in [5.74, 6) is -0.135. The Morgan fingerprint density at radius 1 is 1.03 bits per heavy atom. The molecule has 0 bridgehead atoms. The van der Waals surface area contributed by atoms with E-state index in [-0.39, 0.29) is 24.3 Å². The van der Waals surface area contributed by atoms with E-state index >= 15 is 0 Å². The van der Waals surface area contributed by atoms with Gasteiger partial charge >= 0.3 is 0 Å². The maximum absolute atomic E-state index is 13.8. The summed E-state index contributed by atoms with van der Waals surface area (Å²) >= 11 is 0. The average molecular weight is 482 g/mol. The highest BCUT2D eigenvalue weighted by Gasteiger charge is 2.25. The van der Waals surface area contributed by atoms with Crippen LogP contribution in [0.3, 0.4) is 0 Å². The summed E-state index contributed by atoms with van der Waals surface area (Å²) in [5, 5.41) is 13.7. The molecule has 1 amide bonds. The molecular weight excluding hydrogens is 450 g/mol. The van der Waals surface area contributed by atoms with Crippen molar-refractivity contribution >= 4 is 34.0 Å². The number of carbonyl (C=O) groups is 2. The van der Waals surface area contributed by atoms with Crippen LogP contribution in [0, 0.1) is 0 Å². The summed E-state index contributed by atoms with van der Waals surface area (Å²) in [6, 6.07) is 21.6. The number of carbonyl (C=O) groups excluding carboxylic acids is 2. The van der Waals surface area contributed by atoms with Crippen molar-refractivity contribution in [3.8, 4) is 11.1 Å². The van der Waals surface area contributed by atoms with E-state index in [4.69, 9.17) is 0 Å². The van der Waals surface area contributed by atoms with Crippen LogP contribution in [-0.4, -0.2) is 41.0 Å². The molecule has 0 saturated heterocycles. The molecule has 5 rings (SSSR count). The first kappa shape index (κ1) is 23.8. The van der Waals surface area contributed by atoms with Gasteiger partial charge in [0.15, 0.2) is 5.78 Å². The summed E-state index contributed by atoms with van der Waals surface area (Å²) in [6.45, 7) is 2.77. The van der Waals surface area contributed by atoms with Crippen molar-refractivity contribution in [2.75, 3.05) is 23.4 Å². The quantitative estimate of drug-likeness (QED) is 0.222. The number of aliphatic hydroxyl groups is 1. The highest BCUT2D eigenvalue weighted by molar-refractivity contribution is 6.11. The number of nitrogens with one attached hydrogen (secondary N) is 2. The zero-order chi connectivity index (χ0) is 25.1. The Morgan fingerprint density at radius 3 is 2.75 bits per heavy atom. The third kappa shape index (κ3) is 4.77. The van der Waals surface area contributed by atoms with Gasteiger partial charge < -0.3 is 20.3 Å². The van der Waals surface area contributed by atoms with Crippen LogP contribution in [0.25, 0.3) is 22.0 Å². The fourth-order valence-electron chi connectivity index (χ4n) is 4.89. The molecule has 0 saturated carbocycles. The van der Waals surface area contributed by atoms with Crippen LogP contribution in [0.15, 0.2) is 72.9 Å². The Hall–Kier alpha value is -3.90. The molecule has 3 N–H and O–H groups in total. The molecule has 6 heteroatoms. The van der Waals surface area contributed by atoms with Gasteiger partial charge in [0.1, 0.15) is 0 Å². The number of H-pyrrole nitrogens is 1. The van der Waals surface area contributed by atoms with E-state index in [9.17, 15) is 14.7 Å². The summed E-state index contributed by atoms with van der Waals surface area (Å²) in [5.41, 5.74) is 5.61. The lowest BCUT2D eigenvalue weighted by atomic mass is 9.92. The van der Waals surface area contributed by atoms with Crippen LogP contribution in [-0.2, 0) is 0 Å². The number of aliphatic hydroxyl groups excluding tert-OH is 1.